The molecule has 0 aliphatic carbocycles. The van der Waals surface area contributed by atoms with Crippen LogP contribution in [0.3, 0.4) is 0 Å². The maximum atomic E-state index is 3.82. The Morgan fingerprint density at radius 3 is 2.37 bits per heavy atom. The lowest BCUT2D eigenvalue weighted by Crippen LogP contribution is -2.43. The monoisotopic (exact) mass is 486 g/mol. The van der Waals surface area contributed by atoms with E-state index in [0.717, 1.165) is 32.7 Å². The number of fused-ring (bicyclic) bond motifs is 1. The molecule has 5 heteroatoms. The average molecular weight is 487 g/mol. The first-order valence-electron chi connectivity index (χ1n) is 13.2. The Labute approximate surface area is 214 Å². The van der Waals surface area contributed by atoms with Gasteiger partial charge in [-0.15, -0.1) is 11.3 Å². The largest absolute Gasteiger partial charge is 0.373 e. The minimum Gasteiger partial charge on any atom is -0.373 e. The molecule has 2 N–H and O–H groups in total. The number of hydrogen-bond donors (Lipinski definition) is 2. The fourth-order valence-corrected chi connectivity index (χ4v) is 6.57. The van der Waals surface area contributed by atoms with Gasteiger partial charge in [0.2, 0.25) is 0 Å². The summed E-state index contributed by atoms with van der Waals surface area (Å²) in [5.41, 5.74) is 6.78. The topological polar surface area (TPSA) is 30.5 Å². The van der Waals surface area contributed by atoms with Crippen molar-refractivity contribution >= 4 is 28.4 Å². The van der Waals surface area contributed by atoms with Crippen LogP contribution in [-0.4, -0.2) is 37.6 Å². The number of aryl methyl sites for hydroxylation is 1. The molecule has 1 aromatic heterocycles. The van der Waals surface area contributed by atoms with E-state index in [9.17, 15) is 0 Å². The van der Waals surface area contributed by atoms with Crippen LogP contribution in [-0.2, 0) is 0 Å². The van der Waals surface area contributed by atoms with Crippen molar-refractivity contribution in [2.75, 3.05) is 42.9 Å². The van der Waals surface area contributed by atoms with E-state index in [0.29, 0.717) is 6.04 Å². The van der Waals surface area contributed by atoms with E-state index in [2.05, 4.69) is 94.1 Å². The van der Waals surface area contributed by atoms with E-state index in [1.807, 2.05) is 25.2 Å². The molecule has 3 aliphatic heterocycles. The maximum Gasteiger partial charge on any atom is 0.0736 e. The van der Waals surface area contributed by atoms with Crippen LogP contribution < -0.4 is 15.5 Å². The molecule has 0 spiro atoms. The maximum absolute atomic E-state index is 3.82. The number of nitrogens with one attached hydrogen (secondary N) is 2. The number of thiophene rings is 1. The van der Waals surface area contributed by atoms with E-state index >= 15 is 0 Å². The van der Waals surface area contributed by atoms with Gasteiger partial charge in [-0.1, -0.05) is 56.3 Å². The van der Waals surface area contributed by atoms with Gasteiger partial charge in [-0.05, 0) is 55.2 Å². The second-order valence-electron chi connectivity index (χ2n) is 9.36. The van der Waals surface area contributed by atoms with Gasteiger partial charge in [-0.2, -0.15) is 0 Å². The normalized spacial score (nSPS) is 21.5. The summed E-state index contributed by atoms with van der Waals surface area (Å²) in [6, 6.07) is 23.2. The molecule has 0 radical (unpaired) electrons. The van der Waals surface area contributed by atoms with Gasteiger partial charge < -0.3 is 20.4 Å². The minimum atomic E-state index is 0.190. The standard InChI is InChI=1S/C28H32N4S.C2H6/c1-20-18-25-28(33-20)27(32-15-5-8-26(32)22-6-3-2-4-7-22)19-24(30-25)21-9-11-23(12-10-21)31-16-13-29-14-17-31;1-2/h2-4,6-7,9-12,18-19,24,26,29-30H,5,8,13-17H2,1H3;1-2H3. The molecule has 2 fully saturated rings. The molecule has 4 nitrogen and oxygen atoms in total. The van der Waals surface area contributed by atoms with Crippen LogP contribution in [0.5, 0.6) is 0 Å². The number of piperazine rings is 1. The Hall–Kier alpha value is -2.76. The first-order valence-corrected chi connectivity index (χ1v) is 14.0. The average Bonchev–Trinajstić information content (AvgIpc) is 3.56. The summed E-state index contributed by atoms with van der Waals surface area (Å²) in [5.74, 6) is 0. The highest BCUT2D eigenvalue weighted by atomic mass is 32.1. The summed E-state index contributed by atoms with van der Waals surface area (Å²) in [4.78, 5) is 7.89. The lowest BCUT2D eigenvalue weighted by Gasteiger charge is -2.34. The molecule has 0 saturated carbocycles. The number of benzene rings is 2. The van der Waals surface area contributed by atoms with Gasteiger partial charge in [-0.25, -0.2) is 0 Å². The van der Waals surface area contributed by atoms with Gasteiger partial charge in [0.15, 0.2) is 0 Å². The molecule has 2 atom stereocenters. The number of anilines is 2. The first kappa shape index (κ1) is 24.0. The number of likely N-dealkylation sites (tertiary alicyclic amines) is 1. The molecule has 6 rings (SSSR count). The van der Waals surface area contributed by atoms with Crippen molar-refractivity contribution in [2.24, 2.45) is 0 Å². The summed E-state index contributed by atoms with van der Waals surface area (Å²) in [6.07, 6.45) is 4.94. The molecular formula is C30H38N4S. The highest BCUT2D eigenvalue weighted by Gasteiger charge is 2.33. The van der Waals surface area contributed by atoms with Crippen molar-refractivity contribution in [2.45, 2.75) is 45.7 Å². The van der Waals surface area contributed by atoms with Gasteiger partial charge in [0.05, 0.1) is 28.3 Å². The van der Waals surface area contributed by atoms with Crippen molar-refractivity contribution in [3.63, 3.8) is 0 Å². The van der Waals surface area contributed by atoms with Crippen LogP contribution >= 0.6 is 11.3 Å². The molecule has 35 heavy (non-hydrogen) atoms. The summed E-state index contributed by atoms with van der Waals surface area (Å²) < 4.78 is 0. The third kappa shape index (κ3) is 4.98. The van der Waals surface area contributed by atoms with E-state index in [1.54, 1.807) is 0 Å². The quantitative estimate of drug-likeness (QED) is 0.423. The summed E-state index contributed by atoms with van der Waals surface area (Å²) >= 11 is 1.92. The number of hydrogen-bond acceptors (Lipinski definition) is 5. The predicted octanol–water partition coefficient (Wildman–Crippen LogP) is 6.84. The smallest absolute Gasteiger partial charge is 0.0736 e. The van der Waals surface area contributed by atoms with Gasteiger partial charge >= 0.3 is 0 Å². The second kappa shape index (κ2) is 10.9. The number of rotatable bonds is 4. The van der Waals surface area contributed by atoms with E-state index in [1.165, 1.54) is 50.8 Å². The summed E-state index contributed by atoms with van der Waals surface area (Å²) in [5, 5.41) is 7.27. The van der Waals surface area contributed by atoms with Gasteiger partial charge in [0.25, 0.3) is 0 Å². The third-order valence-corrected chi connectivity index (χ3v) is 8.28. The van der Waals surface area contributed by atoms with Crippen molar-refractivity contribution < 1.29 is 0 Å². The van der Waals surface area contributed by atoms with Crippen LogP contribution in [0.1, 0.15) is 59.7 Å². The van der Waals surface area contributed by atoms with Gasteiger partial charge in [-0.3, -0.25) is 0 Å². The Morgan fingerprint density at radius 2 is 1.63 bits per heavy atom. The molecule has 2 saturated heterocycles. The lowest BCUT2D eigenvalue weighted by molar-refractivity contribution is 0.378. The lowest BCUT2D eigenvalue weighted by atomic mass is 9.99. The van der Waals surface area contributed by atoms with Crippen LogP contribution in [0, 0.1) is 6.92 Å². The zero-order valence-corrected chi connectivity index (χ0v) is 22.1. The van der Waals surface area contributed by atoms with E-state index in [-0.39, 0.29) is 6.04 Å². The zero-order chi connectivity index (χ0) is 24.2. The Bertz CT molecular complexity index is 1130. The predicted molar refractivity (Wildman–Crippen MR) is 151 cm³/mol. The summed E-state index contributed by atoms with van der Waals surface area (Å²) in [6.45, 7) is 11.6. The summed E-state index contributed by atoms with van der Waals surface area (Å²) in [7, 11) is 0. The van der Waals surface area contributed by atoms with Crippen molar-refractivity contribution in [1.29, 1.82) is 0 Å². The highest BCUT2D eigenvalue weighted by molar-refractivity contribution is 7.13. The second-order valence-corrected chi connectivity index (χ2v) is 10.6. The van der Waals surface area contributed by atoms with Crippen LogP contribution in [0.4, 0.5) is 11.4 Å². The molecule has 2 aromatic carbocycles. The molecule has 0 amide bonds. The molecule has 2 unspecified atom stereocenters. The Morgan fingerprint density at radius 1 is 0.886 bits per heavy atom. The van der Waals surface area contributed by atoms with Crippen molar-refractivity contribution in [3.8, 4) is 0 Å². The fraction of sp³-hybridized carbons (Fsp3) is 0.400. The van der Waals surface area contributed by atoms with Crippen molar-refractivity contribution in [1.82, 2.24) is 10.2 Å². The molecule has 0 bridgehead atoms. The van der Waals surface area contributed by atoms with Gasteiger partial charge in [0.1, 0.15) is 0 Å². The minimum absolute atomic E-state index is 0.190. The first-order chi connectivity index (χ1) is 17.3. The number of nitrogens with zero attached hydrogens (tertiary/aromatic N) is 2. The van der Waals surface area contributed by atoms with E-state index < -0.39 is 0 Å². The third-order valence-electron chi connectivity index (χ3n) is 7.20. The zero-order valence-electron chi connectivity index (χ0n) is 21.3. The molecule has 184 valence electrons. The van der Waals surface area contributed by atoms with Crippen molar-refractivity contribution in [3.05, 3.63) is 87.6 Å². The Balaban J connectivity index is 0.00000124. The molecule has 3 aliphatic rings. The SMILES string of the molecule is CC.Cc1cc2c(s1)C(N1CCCC1c1ccccc1)=CC(c1ccc(N3CCNCC3)cc1)N2. The van der Waals surface area contributed by atoms with Gasteiger partial charge in [0, 0.05) is 43.3 Å². The van der Waals surface area contributed by atoms with Crippen LogP contribution in [0.15, 0.2) is 66.7 Å². The molecular weight excluding hydrogens is 448 g/mol. The van der Waals surface area contributed by atoms with Crippen LogP contribution in [0.2, 0.25) is 0 Å². The fourth-order valence-electron chi connectivity index (χ4n) is 5.55. The molecule has 3 aromatic rings. The highest BCUT2D eigenvalue weighted by Crippen LogP contribution is 2.47. The molecule has 4 heterocycles. The Kier molecular flexibility index (Phi) is 7.45. The van der Waals surface area contributed by atoms with E-state index in [4.69, 9.17) is 0 Å². The van der Waals surface area contributed by atoms with Crippen LogP contribution in [0.25, 0.3) is 5.70 Å².